The van der Waals surface area contributed by atoms with Crippen LogP contribution in [-0.4, -0.2) is 295 Å². The lowest BCUT2D eigenvalue weighted by Gasteiger charge is -2.44. The first kappa shape index (κ1) is 91.2. The molecule has 5 heterocycles. The molecule has 0 radical (unpaired) electrons. The Kier molecular flexibility index (Phi) is 22.4. The summed E-state index contributed by atoms with van der Waals surface area (Å²) in [6.45, 7) is -3.18. The summed E-state index contributed by atoms with van der Waals surface area (Å²) in [6.07, 6.45) is -29.1. The topological polar surface area (TPSA) is 883 Å². The van der Waals surface area contributed by atoms with E-state index in [-0.39, 0.29) is 30.3 Å². The molecule has 9 aromatic carbocycles. The third-order valence-electron chi connectivity index (χ3n) is 21.3. The van der Waals surface area contributed by atoms with Crippen LogP contribution < -0.4 is 9.47 Å². The third-order valence-corrected chi connectivity index (χ3v) is 21.3. The second kappa shape index (κ2) is 33.2. The van der Waals surface area contributed by atoms with E-state index in [0.29, 0.717) is 60.7 Å². The van der Waals surface area contributed by atoms with Crippen molar-refractivity contribution in [2.45, 2.75) is 78.9 Å². The van der Waals surface area contributed by atoms with Crippen molar-refractivity contribution in [1.82, 2.24) is 0 Å². The number of hydrogen-bond acceptors (Lipinski definition) is 53. The highest BCUT2D eigenvalue weighted by Gasteiger charge is 2.71. The predicted molar refractivity (Wildman–Crippen MR) is 412 cm³/mol. The van der Waals surface area contributed by atoms with Crippen molar-refractivity contribution in [3.05, 3.63) is 152 Å². The van der Waals surface area contributed by atoms with Gasteiger partial charge >= 0.3 is 59.7 Å². The zero-order valence-corrected chi connectivity index (χ0v) is 66.2. The number of benzene rings is 9. The van der Waals surface area contributed by atoms with Crippen molar-refractivity contribution < 1.29 is 262 Å². The van der Waals surface area contributed by atoms with Crippen LogP contribution in [0.5, 0.6) is 161 Å². The standard InChI is InChI=1S/C82H58O53/c83-28-1-18(2-29(84)49(28)97)69(109)122-16-42-62(127-70(110)19-3-30(85)50(98)31(86)4-19)65(129-71(111)20-5-32(87)51(99)33(88)6-20)67(79(125-42)133-72(112)21-7-34(89)52(100)35(90)8-21)132-78(118)27-13-39(94)55(103)60(108)61(27)124-41-14-25-46(59(107)57(41)105)45-23(11-38(93)54(102)58(45)106)74(114)123-17-43-63-66(130-76(25)116)68(80(126-43)134-73(113)22-9-36(91)53(101)37(92)10-22)131-75(115)24-12-40(95)56(104)64-47(24)48-26(77(117)128-63)15-44(96)81(119,120)82(48,121)135-64/h1-15,42-43,48,62-63,65-68,79-80,83-95,97-108,119-121H,16-17H2/t42-,43-,48+,62-,63-,65+,66+,67-,68-,79+,80+,82-/m1/s1. The summed E-state index contributed by atoms with van der Waals surface area (Å²) >= 11 is 0. The van der Waals surface area contributed by atoms with Gasteiger partial charge in [-0.15, -0.1) is 0 Å². The summed E-state index contributed by atoms with van der Waals surface area (Å²) in [5.74, 6) is -75.2. The Morgan fingerprint density at radius 2 is 0.748 bits per heavy atom. The number of ether oxygens (including phenoxy) is 14. The number of phenols is 25. The fourth-order valence-corrected chi connectivity index (χ4v) is 14.7. The molecule has 0 spiro atoms. The molecule has 15 rings (SSSR count). The predicted octanol–water partition coefficient (Wildman–Crippen LogP) is 0.985. The maximum Gasteiger partial charge on any atom is 0.342 e. The van der Waals surface area contributed by atoms with Gasteiger partial charge in [-0.3, -0.25) is 4.79 Å². The summed E-state index contributed by atoms with van der Waals surface area (Å²) in [6, 6.07) is 4.47. The molecule has 704 valence electrons. The van der Waals surface area contributed by atoms with Gasteiger partial charge in [-0.2, -0.15) is 0 Å². The highest BCUT2D eigenvalue weighted by atomic mass is 16.8. The van der Waals surface area contributed by atoms with Gasteiger partial charge < -0.3 is 209 Å². The largest absolute Gasteiger partial charge is 0.504 e. The number of cyclic esters (lactones) is 1. The van der Waals surface area contributed by atoms with Gasteiger partial charge in [0.25, 0.3) is 11.6 Å². The van der Waals surface area contributed by atoms with E-state index in [1.807, 2.05) is 0 Å². The molecule has 9 aromatic rings. The first-order valence-electron chi connectivity index (χ1n) is 37.5. The van der Waals surface area contributed by atoms with Gasteiger partial charge in [0, 0.05) is 28.8 Å². The van der Waals surface area contributed by atoms with E-state index in [1.165, 1.54) is 0 Å². The van der Waals surface area contributed by atoms with Crippen molar-refractivity contribution in [2.24, 2.45) is 0 Å². The number of esters is 10. The molecular weight excluding hydrogens is 1830 g/mol. The summed E-state index contributed by atoms with van der Waals surface area (Å²) in [5, 5.41) is 307. The lowest BCUT2D eigenvalue weighted by Crippen LogP contribution is -2.66. The number of carbonyl (C=O) groups is 11. The monoisotopic (exact) mass is 1890 g/mol. The molecule has 53 nitrogen and oxygen atoms in total. The van der Waals surface area contributed by atoms with Crippen LogP contribution in [0.25, 0.3) is 11.1 Å². The van der Waals surface area contributed by atoms with Gasteiger partial charge in [-0.25, -0.2) is 47.9 Å². The second-order valence-electron chi connectivity index (χ2n) is 29.6. The van der Waals surface area contributed by atoms with Crippen LogP contribution in [-0.2, 0) is 66.4 Å². The van der Waals surface area contributed by atoms with Crippen molar-refractivity contribution in [3.8, 4) is 172 Å². The number of fused-ring (bicyclic) bond motifs is 3. The van der Waals surface area contributed by atoms with E-state index < -0.39 is 391 Å². The lowest BCUT2D eigenvalue weighted by molar-refractivity contribution is -0.323. The van der Waals surface area contributed by atoms with Crippen molar-refractivity contribution in [1.29, 1.82) is 0 Å². The Morgan fingerprint density at radius 1 is 0.356 bits per heavy atom. The van der Waals surface area contributed by atoms with Crippen LogP contribution in [0.15, 0.2) is 96.6 Å². The summed E-state index contributed by atoms with van der Waals surface area (Å²) in [5.41, 5.74) is -16.7. The Bertz CT molecular complexity index is 6630. The molecule has 0 unspecified atom stereocenters. The number of phenolic OH excluding ortho intramolecular Hbond substituents is 25. The van der Waals surface area contributed by atoms with Crippen molar-refractivity contribution in [3.63, 3.8) is 0 Å². The molecular formula is C82H58O53. The van der Waals surface area contributed by atoms with E-state index in [1.54, 1.807) is 0 Å². The van der Waals surface area contributed by atoms with Crippen LogP contribution in [0.4, 0.5) is 0 Å². The molecule has 0 aromatic heterocycles. The van der Waals surface area contributed by atoms with Gasteiger partial charge in [-0.1, -0.05) is 0 Å². The van der Waals surface area contributed by atoms with Gasteiger partial charge in [0.15, 0.2) is 157 Å². The minimum atomic E-state index is -4.25. The Labute approximate surface area is 741 Å². The van der Waals surface area contributed by atoms with Crippen LogP contribution in [0.3, 0.4) is 0 Å². The van der Waals surface area contributed by atoms with Crippen molar-refractivity contribution >= 4 is 65.5 Å². The molecule has 6 aliphatic rings. The average molecular weight is 1890 g/mol. The van der Waals surface area contributed by atoms with Gasteiger partial charge in [0.2, 0.25) is 59.3 Å². The SMILES string of the molecule is O=C1O[C@H]2[C@@H]3OC(=O)c4cc(Oc5c(C(=O)O[C@H]6[C@H](OC(=O)c7cc(O)c(O)c(O)c7)O[C@H](COC(=O)c7cc(O)c(O)c(O)c7)[C@@H](OC(=O)c7cc(O)c(O)c(O)c7)[C@@H]6OC(=O)c6cc(O)c(O)c(O)c6)cc(O)c(O)c5O)c(O)c(O)c4-c4c(cc(O)c(O)c4O)C(=O)OC[C@H]2O[C@@H](OC(=O)c2cc(O)c(O)c(O)c2)[C@@H]3OC(=O)c2cc(O)c(O)c3c2[C@@H]2C1=CC(=O)C(O)(O)[C@]2(O)O3. The van der Waals surface area contributed by atoms with E-state index in [9.17, 15) is 177 Å². The lowest BCUT2D eigenvalue weighted by atomic mass is 9.74. The molecule has 2 saturated heterocycles. The molecule has 0 amide bonds. The summed E-state index contributed by atoms with van der Waals surface area (Å²) in [4.78, 5) is 163. The normalized spacial score (nSPS) is 21.8. The Balaban J connectivity index is 0.903. The fourth-order valence-electron chi connectivity index (χ4n) is 14.7. The van der Waals surface area contributed by atoms with E-state index >= 15 is 19.2 Å². The molecule has 5 aliphatic heterocycles. The molecule has 4 bridgehead atoms. The first-order valence-corrected chi connectivity index (χ1v) is 37.5. The van der Waals surface area contributed by atoms with E-state index in [0.717, 1.165) is 0 Å². The molecule has 0 saturated carbocycles. The van der Waals surface area contributed by atoms with Gasteiger partial charge in [-0.05, 0) is 78.9 Å². The Hall–Kier alpha value is -18.5. The van der Waals surface area contributed by atoms with Crippen LogP contribution in [0.2, 0.25) is 0 Å². The fraction of sp³-hybridized carbons (Fsp3) is 0.183. The molecule has 2 fully saturated rings. The number of rotatable bonds is 15. The third kappa shape index (κ3) is 15.5. The number of carbonyl (C=O) groups excluding carboxylic acids is 11. The molecule has 28 N–H and O–H groups in total. The van der Waals surface area contributed by atoms with Gasteiger partial charge in [0.1, 0.15) is 31.0 Å². The summed E-state index contributed by atoms with van der Waals surface area (Å²) < 4.78 is 80.0. The highest BCUT2D eigenvalue weighted by molar-refractivity contribution is 6.10. The average Bonchev–Trinajstić information content (AvgIpc) is 1.53. The number of aromatic hydroxyl groups is 25. The zero-order valence-electron chi connectivity index (χ0n) is 66.2. The van der Waals surface area contributed by atoms with Gasteiger partial charge in [0.05, 0.1) is 56.0 Å². The zero-order chi connectivity index (χ0) is 98.3. The highest BCUT2D eigenvalue weighted by Crippen LogP contribution is 2.62. The maximum absolute atomic E-state index is 16.1. The molecule has 135 heavy (non-hydrogen) atoms. The van der Waals surface area contributed by atoms with Crippen molar-refractivity contribution in [2.75, 3.05) is 13.2 Å². The Morgan fingerprint density at radius 3 is 1.25 bits per heavy atom. The number of hydrogen-bond donors (Lipinski definition) is 28. The van der Waals surface area contributed by atoms with E-state index in [2.05, 4.69) is 0 Å². The second-order valence-corrected chi connectivity index (χ2v) is 29.6. The number of aliphatic hydroxyl groups is 3. The maximum atomic E-state index is 16.1. The number of ketones is 1. The summed E-state index contributed by atoms with van der Waals surface area (Å²) in [7, 11) is 0. The van der Waals surface area contributed by atoms with E-state index in [4.69, 9.17) is 66.3 Å². The van der Waals surface area contributed by atoms with Crippen LogP contribution in [0, 0.1) is 0 Å². The molecule has 1 aliphatic carbocycles. The van der Waals surface area contributed by atoms with Crippen LogP contribution >= 0.6 is 0 Å². The van der Waals surface area contributed by atoms with Crippen LogP contribution in [0.1, 0.15) is 105 Å². The molecule has 53 heteroatoms. The molecule has 12 atom stereocenters. The minimum Gasteiger partial charge on any atom is -0.504 e. The minimum absolute atomic E-state index is 0.0157. The first-order chi connectivity index (χ1) is 63.4. The smallest absolute Gasteiger partial charge is 0.342 e. The quantitative estimate of drug-likeness (QED) is 0.0294.